The molecular weight excluding hydrogens is 226 g/mol. The molecule has 1 aromatic carbocycles. The van der Waals surface area contributed by atoms with Gasteiger partial charge in [-0.1, -0.05) is 0 Å². The minimum absolute atomic E-state index is 0.370. The van der Waals surface area contributed by atoms with Crippen LogP contribution in [0.5, 0.6) is 0 Å². The van der Waals surface area contributed by atoms with E-state index < -0.39 is 11.6 Å². The SMILES string of the molecule is Cc1ccoc1-c1nc2cc(F)c(F)cc2[nH]1. The molecular formula is C12H8F2N2O. The third kappa shape index (κ3) is 1.51. The minimum Gasteiger partial charge on any atom is -0.461 e. The number of benzene rings is 1. The Balaban J connectivity index is 2.24. The van der Waals surface area contributed by atoms with Crippen LogP contribution < -0.4 is 0 Å². The molecule has 0 amide bonds. The first-order chi connectivity index (χ1) is 8.15. The third-order valence-electron chi connectivity index (χ3n) is 2.60. The fourth-order valence-electron chi connectivity index (χ4n) is 1.73. The van der Waals surface area contributed by atoms with Gasteiger partial charge in [0.2, 0.25) is 0 Å². The summed E-state index contributed by atoms with van der Waals surface area (Å²) in [5.41, 5.74) is 1.72. The molecule has 2 heterocycles. The van der Waals surface area contributed by atoms with Crippen molar-refractivity contribution in [1.29, 1.82) is 0 Å². The monoisotopic (exact) mass is 234 g/mol. The Hall–Kier alpha value is -2.17. The molecule has 5 heteroatoms. The van der Waals surface area contributed by atoms with Gasteiger partial charge in [-0.25, -0.2) is 13.8 Å². The van der Waals surface area contributed by atoms with Gasteiger partial charge in [0.05, 0.1) is 17.3 Å². The molecule has 0 unspecified atom stereocenters. The molecule has 0 aliphatic heterocycles. The van der Waals surface area contributed by atoms with Gasteiger partial charge in [-0.3, -0.25) is 0 Å². The number of nitrogens with zero attached hydrogens (tertiary/aromatic N) is 1. The minimum atomic E-state index is -0.910. The molecule has 0 saturated carbocycles. The van der Waals surface area contributed by atoms with Crippen LogP contribution in [0, 0.1) is 18.6 Å². The average Bonchev–Trinajstić information content (AvgIpc) is 2.85. The van der Waals surface area contributed by atoms with Gasteiger partial charge in [-0.2, -0.15) is 0 Å². The lowest BCUT2D eigenvalue weighted by atomic mass is 10.3. The molecule has 86 valence electrons. The zero-order valence-corrected chi connectivity index (χ0v) is 8.92. The lowest BCUT2D eigenvalue weighted by Crippen LogP contribution is -1.82. The zero-order chi connectivity index (χ0) is 12.0. The van der Waals surface area contributed by atoms with Gasteiger partial charge in [0.15, 0.2) is 23.2 Å². The number of rotatable bonds is 1. The maximum Gasteiger partial charge on any atom is 0.174 e. The summed E-state index contributed by atoms with van der Waals surface area (Å²) in [6.45, 7) is 1.87. The van der Waals surface area contributed by atoms with Crippen LogP contribution in [0.25, 0.3) is 22.6 Å². The summed E-state index contributed by atoms with van der Waals surface area (Å²) >= 11 is 0. The smallest absolute Gasteiger partial charge is 0.174 e. The highest BCUT2D eigenvalue weighted by molar-refractivity contribution is 5.79. The van der Waals surface area contributed by atoms with E-state index in [0.29, 0.717) is 22.6 Å². The molecule has 0 aliphatic rings. The standard InChI is InChI=1S/C12H8F2N2O/c1-6-2-3-17-11(6)12-15-9-4-7(13)8(14)5-10(9)16-12/h2-5H,1H3,(H,15,16). The second-order valence-electron chi connectivity index (χ2n) is 3.80. The van der Waals surface area contributed by atoms with Gasteiger partial charge < -0.3 is 9.40 Å². The summed E-state index contributed by atoms with van der Waals surface area (Å²) in [6.07, 6.45) is 1.54. The summed E-state index contributed by atoms with van der Waals surface area (Å²) in [6, 6.07) is 3.94. The number of fused-ring (bicyclic) bond motifs is 1. The van der Waals surface area contributed by atoms with E-state index in [-0.39, 0.29) is 0 Å². The number of aromatic nitrogens is 2. The highest BCUT2D eigenvalue weighted by Gasteiger charge is 2.13. The van der Waals surface area contributed by atoms with E-state index in [1.54, 1.807) is 12.3 Å². The first-order valence-electron chi connectivity index (χ1n) is 5.04. The maximum atomic E-state index is 13.0. The molecule has 0 spiro atoms. The third-order valence-corrected chi connectivity index (χ3v) is 2.60. The lowest BCUT2D eigenvalue weighted by molar-refractivity contribution is 0.510. The van der Waals surface area contributed by atoms with E-state index in [1.807, 2.05) is 6.92 Å². The Labute approximate surface area is 95.1 Å². The predicted molar refractivity (Wildman–Crippen MR) is 58.4 cm³/mol. The number of hydrogen-bond donors (Lipinski definition) is 1. The topological polar surface area (TPSA) is 41.8 Å². The van der Waals surface area contributed by atoms with Gasteiger partial charge in [0, 0.05) is 12.1 Å². The van der Waals surface area contributed by atoms with Gasteiger partial charge in [-0.05, 0) is 18.6 Å². The van der Waals surface area contributed by atoms with Crippen molar-refractivity contribution < 1.29 is 13.2 Å². The van der Waals surface area contributed by atoms with Crippen molar-refractivity contribution in [2.24, 2.45) is 0 Å². The normalized spacial score (nSPS) is 11.2. The van der Waals surface area contributed by atoms with E-state index >= 15 is 0 Å². The van der Waals surface area contributed by atoms with Crippen LogP contribution in [0.1, 0.15) is 5.56 Å². The first-order valence-corrected chi connectivity index (χ1v) is 5.04. The highest BCUT2D eigenvalue weighted by atomic mass is 19.2. The van der Waals surface area contributed by atoms with E-state index in [4.69, 9.17) is 4.42 Å². The molecule has 2 aromatic heterocycles. The summed E-state index contributed by atoms with van der Waals surface area (Å²) < 4.78 is 31.3. The lowest BCUT2D eigenvalue weighted by Gasteiger charge is -1.91. The largest absolute Gasteiger partial charge is 0.461 e. The van der Waals surface area contributed by atoms with Crippen LogP contribution in [0.15, 0.2) is 28.9 Å². The van der Waals surface area contributed by atoms with Crippen LogP contribution in [-0.2, 0) is 0 Å². The Kier molecular flexibility index (Phi) is 2.01. The number of H-pyrrole nitrogens is 1. The summed E-state index contributed by atoms with van der Waals surface area (Å²) in [5, 5.41) is 0. The van der Waals surface area contributed by atoms with Crippen LogP contribution in [-0.4, -0.2) is 9.97 Å². The second-order valence-corrected chi connectivity index (χ2v) is 3.80. The zero-order valence-electron chi connectivity index (χ0n) is 8.92. The van der Waals surface area contributed by atoms with Crippen molar-refractivity contribution in [3.05, 3.63) is 41.7 Å². The first kappa shape index (κ1) is 10.0. The Morgan fingerprint density at radius 2 is 2.00 bits per heavy atom. The van der Waals surface area contributed by atoms with Crippen molar-refractivity contribution in [1.82, 2.24) is 9.97 Å². The van der Waals surface area contributed by atoms with Crippen LogP contribution in [0.4, 0.5) is 8.78 Å². The van der Waals surface area contributed by atoms with Crippen molar-refractivity contribution in [2.75, 3.05) is 0 Å². The number of halogens is 2. The molecule has 3 nitrogen and oxygen atoms in total. The van der Waals surface area contributed by atoms with Crippen molar-refractivity contribution in [2.45, 2.75) is 6.92 Å². The summed E-state index contributed by atoms with van der Waals surface area (Å²) in [5.74, 6) is -0.773. The van der Waals surface area contributed by atoms with Crippen LogP contribution >= 0.6 is 0 Å². The van der Waals surface area contributed by atoms with Gasteiger partial charge in [-0.15, -0.1) is 0 Å². The van der Waals surface area contributed by atoms with E-state index in [2.05, 4.69) is 9.97 Å². The number of imidazole rings is 1. The van der Waals surface area contributed by atoms with Crippen molar-refractivity contribution >= 4 is 11.0 Å². The molecule has 1 N–H and O–H groups in total. The van der Waals surface area contributed by atoms with E-state index in [0.717, 1.165) is 17.7 Å². The molecule has 0 aliphatic carbocycles. The molecule has 0 saturated heterocycles. The van der Waals surface area contributed by atoms with Crippen molar-refractivity contribution in [3.63, 3.8) is 0 Å². The Morgan fingerprint density at radius 1 is 1.24 bits per heavy atom. The summed E-state index contributed by atoms with van der Waals surface area (Å²) in [7, 11) is 0. The van der Waals surface area contributed by atoms with E-state index in [1.165, 1.54) is 0 Å². The molecule has 0 bridgehead atoms. The molecule has 0 atom stereocenters. The number of nitrogens with one attached hydrogen (secondary N) is 1. The van der Waals surface area contributed by atoms with Gasteiger partial charge in [0.25, 0.3) is 0 Å². The second kappa shape index (κ2) is 3.41. The van der Waals surface area contributed by atoms with Gasteiger partial charge >= 0.3 is 0 Å². The molecule has 3 aromatic rings. The fourth-order valence-corrected chi connectivity index (χ4v) is 1.73. The van der Waals surface area contributed by atoms with Crippen LogP contribution in [0.3, 0.4) is 0 Å². The number of aryl methyl sites for hydroxylation is 1. The number of aromatic amines is 1. The van der Waals surface area contributed by atoms with Gasteiger partial charge in [0.1, 0.15) is 0 Å². The van der Waals surface area contributed by atoms with Crippen molar-refractivity contribution in [3.8, 4) is 11.6 Å². The fraction of sp³-hybridized carbons (Fsp3) is 0.0833. The maximum absolute atomic E-state index is 13.0. The molecule has 0 fully saturated rings. The highest BCUT2D eigenvalue weighted by Crippen LogP contribution is 2.25. The Bertz CT molecular complexity index is 661. The average molecular weight is 234 g/mol. The quantitative estimate of drug-likeness (QED) is 0.701. The van der Waals surface area contributed by atoms with E-state index in [9.17, 15) is 8.78 Å². The molecule has 0 radical (unpaired) electrons. The number of hydrogen-bond acceptors (Lipinski definition) is 2. The predicted octanol–water partition coefficient (Wildman–Crippen LogP) is 3.41. The van der Waals surface area contributed by atoms with Crippen LogP contribution in [0.2, 0.25) is 0 Å². The number of furan rings is 1. The molecule has 3 rings (SSSR count). The Morgan fingerprint density at radius 3 is 2.71 bits per heavy atom. The summed E-state index contributed by atoms with van der Waals surface area (Å²) in [4.78, 5) is 7.06. The molecule has 17 heavy (non-hydrogen) atoms.